The lowest BCUT2D eigenvalue weighted by Gasteiger charge is -2.21. The Morgan fingerprint density at radius 2 is 1.39 bits per heavy atom. The molecular weight excluding hydrogens is 536 g/mol. The average Bonchev–Trinajstić information content (AvgIpc) is 3.32. The van der Waals surface area contributed by atoms with E-state index in [1.54, 1.807) is 12.1 Å². The SMILES string of the molecule is COc1c(-c2cc(O)c3c(c2O)[C@@H](c2ccc(O)cc2)[C@H](c2cc(O)cc(O)c2)O3)oc2cc(O)cc(O)c2c1=O. The van der Waals surface area contributed by atoms with Gasteiger partial charge < -0.3 is 49.6 Å². The molecule has 0 saturated carbocycles. The highest BCUT2D eigenvalue weighted by Crippen LogP contribution is 2.59. The number of fused-ring (bicyclic) bond motifs is 2. The van der Waals surface area contributed by atoms with Crippen molar-refractivity contribution in [1.82, 2.24) is 0 Å². The van der Waals surface area contributed by atoms with Crippen LogP contribution in [0.1, 0.15) is 28.7 Å². The van der Waals surface area contributed by atoms with Crippen LogP contribution in [-0.4, -0.2) is 42.9 Å². The first-order chi connectivity index (χ1) is 19.6. The third-order valence-electron chi connectivity index (χ3n) is 7.00. The Hall–Kier alpha value is -5.71. The first-order valence-corrected chi connectivity index (χ1v) is 12.2. The van der Waals surface area contributed by atoms with Crippen molar-refractivity contribution in [2.24, 2.45) is 0 Å². The third-order valence-corrected chi connectivity index (χ3v) is 7.00. The van der Waals surface area contributed by atoms with Crippen LogP contribution in [0, 0.1) is 0 Å². The van der Waals surface area contributed by atoms with Gasteiger partial charge in [0.05, 0.1) is 24.2 Å². The normalized spacial score (nSPS) is 15.9. The second-order valence-corrected chi connectivity index (χ2v) is 9.56. The van der Waals surface area contributed by atoms with E-state index in [0.717, 1.165) is 24.3 Å². The van der Waals surface area contributed by atoms with Gasteiger partial charge in [-0.25, -0.2) is 0 Å². The molecule has 7 N–H and O–H groups in total. The fourth-order valence-electron chi connectivity index (χ4n) is 5.29. The van der Waals surface area contributed by atoms with Gasteiger partial charge in [-0.15, -0.1) is 0 Å². The van der Waals surface area contributed by atoms with E-state index >= 15 is 0 Å². The molecule has 0 unspecified atom stereocenters. The van der Waals surface area contributed by atoms with E-state index in [4.69, 9.17) is 13.9 Å². The lowest BCUT2D eigenvalue weighted by molar-refractivity contribution is 0.214. The maximum absolute atomic E-state index is 13.3. The number of hydrogen-bond donors (Lipinski definition) is 7. The zero-order valence-electron chi connectivity index (χ0n) is 21.2. The summed E-state index contributed by atoms with van der Waals surface area (Å²) in [5.41, 5.74) is -0.225. The summed E-state index contributed by atoms with van der Waals surface area (Å²) in [6.45, 7) is 0. The molecule has 41 heavy (non-hydrogen) atoms. The largest absolute Gasteiger partial charge is 0.508 e. The number of phenols is 7. The van der Waals surface area contributed by atoms with Crippen molar-refractivity contribution in [2.45, 2.75) is 12.0 Å². The van der Waals surface area contributed by atoms with E-state index in [-0.39, 0.29) is 62.4 Å². The number of hydrogen-bond acceptors (Lipinski definition) is 11. The first-order valence-electron chi connectivity index (χ1n) is 12.2. The third kappa shape index (κ3) is 4.02. The van der Waals surface area contributed by atoms with E-state index in [9.17, 15) is 40.5 Å². The van der Waals surface area contributed by atoms with Gasteiger partial charge in [0.25, 0.3) is 0 Å². The van der Waals surface area contributed by atoms with Gasteiger partial charge in [0.1, 0.15) is 51.6 Å². The molecule has 6 rings (SSSR count). The van der Waals surface area contributed by atoms with Gasteiger partial charge in [0.2, 0.25) is 11.2 Å². The van der Waals surface area contributed by atoms with Crippen molar-refractivity contribution in [1.29, 1.82) is 0 Å². The Morgan fingerprint density at radius 3 is 2.05 bits per heavy atom. The fourth-order valence-corrected chi connectivity index (χ4v) is 5.29. The van der Waals surface area contributed by atoms with E-state index in [1.165, 1.54) is 31.4 Å². The molecule has 208 valence electrons. The molecule has 0 fully saturated rings. The van der Waals surface area contributed by atoms with Crippen LogP contribution in [0.3, 0.4) is 0 Å². The minimum absolute atomic E-state index is 0.0190. The Morgan fingerprint density at radius 1 is 0.732 bits per heavy atom. The molecule has 1 aliphatic rings. The van der Waals surface area contributed by atoms with E-state index in [1.807, 2.05) is 0 Å². The van der Waals surface area contributed by atoms with Crippen LogP contribution in [0.5, 0.6) is 51.7 Å². The molecule has 0 aliphatic carbocycles. The van der Waals surface area contributed by atoms with Gasteiger partial charge in [-0.05, 0) is 35.9 Å². The molecule has 2 heterocycles. The van der Waals surface area contributed by atoms with Gasteiger partial charge in [-0.2, -0.15) is 0 Å². The highest BCUT2D eigenvalue weighted by Gasteiger charge is 2.42. The highest BCUT2D eigenvalue weighted by molar-refractivity contribution is 5.89. The predicted octanol–water partition coefficient (Wildman–Crippen LogP) is 4.67. The smallest absolute Gasteiger partial charge is 0.239 e. The summed E-state index contributed by atoms with van der Waals surface area (Å²) in [7, 11) is 1.19. The molecule has 0 radical (unpaired) electrons. The number of aromatic hydroxyl groups is 7. The second kappa shape index (κ2) is 9.19. The molecule has 0 saturated heterocycles. The monoisotopic (exact) mass is 558 g/mol. The molecular formula is C30H22O11. The highest BCUT2D eigenvalue weighted by atomic mass is 16.5. The Balaban J connectivity index is 1.63. The molecule has 2 atom stereocenters. The Kier molecular flexibility index (Phi) is 5.73. The van der Waals surface area contributed by atoms with Gasteiger partial charge in [-0.3, -0.25) is 4.79 Å². The molecule has 1 aromatic heterocycles. The lowest BCUT2D eigenvalue weighted by atomic mass is 9.83. The minimum Gasteiger partial charge on any atom is -0.508 e. The number of phenolic OH excluding ortho intramolecular Hbond substituents is 7. The van der Waals surface area contributed by atoms with Crippen molar-refractivity contribution >= 4 is 11.0 Å². The van der Waals surface area contributed by atoms with Crippen molar-refractivity contribution in [3.63, 3.8) is 0 Å². The number of rotatable bonds is 4. The van der Waals surface area contributed by atoms with Crippen LogP contribution < -0.4 is 14.9 Å². The van der Waals surface area contributed by atoms with Crippen LogP contribution in [-0.2, 0) is 0 Å². The van der Waals surface area contributed by atoms with Gasteiger partial charge >= 0.3 is 0 Å². The van der Waals surface area contributed by atoms with Crippen molar-refractivity contribution in [2.75, 3.05) is 7.11 Å². The van der Waals surface area contributed by atoms with Crippen LogP contribution in [0.25, 0.3) is 22.3 Å². The number of ether oxygens (including phenoxy) is 2. The van der Waals surface area contributed by atoms with Crippen molar-refractivity contribution in [3.05, 3.63) is 87.6 Å². The van der Waals surface area contributed by atoms with Gasteiger partial charge in [0.15, 0.2) is 17.3 Å². The average molecular weight is 558 g/mol. The second-order valence-electron chi connectivity index (χ2n) is 9.56. The molecule has 0 amide bonds. The van der Waals surface area contributed by atoms with Crippen LogP contribution in [0.15, 0.2) is 69.9 Å². The summed E-state index contributed by atoms with van der Waals surface area (Å²) in [4.78, 5) is 13.3. The maximum atomic E-state index is 13.3. The van der Waals surface area contributed by atoms with Crippen LogP contribution in [0.2, 0.25) is 0 Å². The molecule has 11 heteroatoms. The summed E-state index contributed by atoms with van der Waals surface area (Å²) < 4.78 is 17.2. The van der Waals surface area contributed by atoms with Crippen LogP contribution in [0.4, 0.5) is 0 Å². The standard InChI is InChI=1S/C30H22O11/c1-39-30-26(38)23-19(35)9-17(34)10-21(23)40-28(30)18-11-20(36)29-24(25(18)37)22(12-2-4-14(31)5-3-12)27(41-29)13-6-15(32)8-16(33)7-13/h2-11,22,27,31-37H,1H3/t22-,27+/m1/s1. The van der Waals surface area contributed by atoms with E-state index in [2.05, 4.69) is 0 Å². The quantitative estimate of drug-likeness (QED) is 0.152. The molecule has 0 bridgehead atoms. The van der Waals surface area contributed by atoms with Gasteiger partial charge in [-0.1, -0.05) is 12.1 Å². The minimum atomic E-state index is -0.973. The summed E-state index contributed by atoms with van der Waals surface area (Å²) in [5.74, 6) is -3.96. The first kappa shape index (κ1) is 25.6. The summed E-state index contributed by atoms with van der Waals surface area (Å²) >= 11 is 0. The molecule has 0 spiro atoms. The Bertz CT molecular complexity index is 1890. The van der Waals surface area contributed by atoms with Gasteiger partial charge in [0, 0.05) is 23.8 Å². The molecule has 4 aromatic carbocycles. The Labute approximate surface area is 230 Å². The van der Waals surface area contributed by atoms with Crippen molar-refractivity contribution < 1.29 is 49.6 Å². The van der Waals surface area contributed by atoms with Crippen LogP contribution >= 0.6 is 0 Å². The summed E-state index contributed by atoms with van der Waals surface area (Å²) in [5, 5.41) is 72.9. The molecule has 11 nitrogen and oxygen atoms in total. The number of benzene rings is 4. The zero-order valence-corrected chi connectivity index (χ0v) is 21.2. The molecule has 5 aromatic rings. The predicted molar refractivity (Wildman–Crippen MR) is 144 cm³/mol. The number of methoxy groups -OCH3 is 1. The summed E-state index contributed by atoms with van der Waals surface area (Å²) in [6.07, 6.45) is -0.973. The summed E-state index contributed by atoms with van der Waals surface area (Å²) in [6, 6.07) is 13.1. The zero-order chi connectivity index (χ0) is 29.2. The van der Waals surface area contributed by atoms with E-state index < -0.39 is 34.7 Å². The molecule has 1 aliphatic heterocycles. The fraction of sp³-hybridized carbons (Fsp3) is 0.100. The maximum Gasteiger partial charge on any atom is 0.239 e. The van der Waals surface area contributed by atoms with Crippen molar-refractivity contribution in [3.8, 4) is 63.1 Å². The lowest BCUT2D eigenvalue weighted by Crippen LogP contribution is -2.11. The topological polar surface area (TPSA) is 190 Å². The van der Waals surface area contributed by atoms with E-state index in [0.29, 0.717) is 11.1 Å².